The summed E-state index contributed by atoms with van der Waals surface area (Å²) >= 11 is 0. The van der Waals surface area contributed by atoms with Gasteiger partial charge in [-0.05, 0) is 52.5 Å². The molecule has 0 aromatic carbocycles. The number of carbonyl (C=O) groups is 1. The van der Waals surface area contributed by atoms with Crippen LogP contribution in [0.25, 0.3) is 17.3 Å². The number of aromatic nitrogens is 5. The number of fused-ring (bicyclic) bond motifs is 3. The maximum Gasteiger partial charge on any atom is 0.219 e. The molecular formula is C28H34FN7O3. The summed E-state index contributed by atoms with van der Waals surface area (Å²) in [5, 5.41) is 12.5. The number of likely N-dealkylation sites (N-methyl/N-ethyl adjacent to an activating group) is 1. The number of hydrogen-bond donors (Lipinski definition) is 1. The third-order valence-corrected chi connectivity index (χ3v) is 9.06. The molecule has 2 fully saturated rings. The Hall–Kier alpha value is -3.18. The lowest BCUT2D eigenvalue weighted by atomic mass is 9.64. The van der Waals surface area contributed by atoms with Crippen LogP contribution < -0.4 is 10.1 Å². The molecule has 11 heteroatoms. The molecule has 7 rings (SSSR count). The van der Waals surface area contributed by atoms with E-state index < -0.39 is 11.6 Å². The molecule has 10 nitrogen and oxygen atoms in total. The van der Waals surface area contributed by atoms with Gasteiger partial charge in [-0.3, -0.25) is 9.69 Å². The fourth-order valence-electron chi connectivity index (χ4n) is 7.02. The van der Waals surface area contributed by atoms with Crippen LogP contribution in [-0.4, -0.2) is 67.5 Å². The lowest BCUT2D eigenvalue weighted by molar-refractivity contribution is -0.128. The molecule has 5 heterocycles. The molecule has 1 N–H and O–H groups in total. The maximum absolute atomic E-state index is 14.1. The molecule has 3 aromatic rings. The average molecular weight is 536 g/mol. The quantitative estimate of drug-likeness (QED) is 0.525. The molecule has 206 valence electrons. The van der Waals surface area contributed by atoms with E-state index >= 15 is 0 Å². The van der Waals surface area contributed by atoms with Crippen molar-refractivity contribution in [3.63, 3.8) is 0 Å². The van der Waals surface area contributed by atoms with Crippen LogP contribution in [0.5, 0.6) is 5.88 Å². The first-order valence-electron chi connectivity index (χ1n) is 14.1. The number of ether oxygens (including phenoxy) is 1. The fourth-order valence-corrected chi connectivity index (χ4v) is 7.02. The van der Waals surface area contributed by atoms with Gasteiger partial charge in [-0.25, -0.2) is 14.1 Å². The predicted molar refractivity (Wildman–Crippen MR) is 139 cm³/mol. The number of alkyl halides is 1. The largest absolute Gasteiger partial charge is 0.473 e. The first-order chi connectivity index (χ1) is 18.9. The summed E-state index contributed by atoms with van der Waals surface area (Å²) in [6, 6.07) is 1.72. The Morgan fingerprint density at radius 2 is 2.08 bits per heavy atom. The van der Waals surface area contributed by atoms with E-state index in [1.54, 1.807) is 10.7 Å². The number of nitrogens with zero attached hydrogens (tertiary/aromatic N) is 6. The third-order valence-electron chi connectivity index (χ3n) is 9.06. The summed E-state index contributed by atoms with van der Waals surface area (Å²) in [5.74, 6) is 2.29. The topological polar surface area (TPSA) is 111 Å². The van der Waals surface area contributed by atoms with Gasteiger partial charge in [0.15, 0.2) is 23.1 Å². The molecular weight excluding hydrogens is 501 g/mol. The van der Waals surface area contributed by atoms with Gasteiger partial charge in [0, 0.05) is 55.5 Å². The molecule has 1 saturated heterocycles. The Morgan fingerprint density at radius 3 is 2.87 bits per heavy atom. The Kier molecular flexibility index (Phi) is 6.04. The summed E-state index contributed by atoms with van der Waals surface area (Å²) in [7, 11) is 1.92. The summed E-state index contributed by atoms with van der Waals surface area (Å²) in [6.45, 7) is 3.83. The molecule has 0 unspecified atom stereocenters. The van der Waals surface area contributed by atoms with Crippen LogP contribution in [-0.2, 0) is 29.7 Å². The zero-order valence-corrected chi connectivity index (χ0v) is 22.5. The number of Topliss-reactive ketones (excluding diaryl/α,β-unsaturated/α-hetero) is 1. The van der Waals surface area contributed by atoms with Gasteiger partial charge in [0.05, 0.1) is 11.1 Å². The highest BCUT2D eigenvalue weighted by atomic mass is 19.1. The van der Waals surface area contributed by atoms with Crippen LogP contribution in [0.3, 0.4) is 0 Å². The van der Waals surface area contributed by atoms with Crippen molar-refractivity contribution in [1.29, 1.82) is 0 Å². The summed E-state index contributed by atoms with van der Waals surface area (Å²) in [4.78, 5) is 24.8. The standard InChI is InChI=1S/C28H34FN7O3/c1-16(21-10-18(29)15-35(21)2)38-24-11-23(36-14-17-12-30-13-20(17)33-36)31-27(32-24)25-19-6-5-9-28(26(19)39-34-25)8-4-3-7-22(28)37/h11,14,16,18,21,30H,3-10,12-13,15H2,1-2H3/t16-,18+,21-,28+/m0/s1. The van der Waals surface area contributed by atoms with E-state index in [1.165, 1.54) is 0 Å². The molecule has 4 atom stereocenters. The van der Waals surface area contributed by atoms with Gasteiger partial charge in [-0.1, -0.05) is 11.6 Å². The van der Waals surface area contributed by atoms with E-state index in [4.69, 9.17) is 24.3 Å². The zero-order chi connectivity index (χ0) is 26.7. The maximum atomic E-state index is 14.1. The number of rotatable bonds is 5. The molecule has 2 aliphatic carbocycles. The van der Waals surface area contributed by atoms with E-state index in [0.717, 1.165) is 61.9 Å². The minimum absolute atomic E-state index is 0.0570. The van der Waals surface area contributed by atoms with Gasteiger partial charge in [-0.15, -0.1) is 0 Å². The van der Waals surface area contributed by atoms with Gasteiger partial charge in [0.25, 0.3) is 0 Å². The summed E-state index contributed by atoms with van der Waals surface area (Å²) < 4.78 is 28.1. The lowest BCUT2D eigenvalue weighted by Crippen LogP contribution is -2.41. The smallest absolute Gasteiger partial charge is 0.219 e. The first-order valence-corrected chi connectivity index (χ1v) is 14.1. The number of carbonyl (C=O) groups excluding carboxylic acids is 1. The van der Waals surface area contributed by atoms with Crippen LogP contribution in [0, 0.1) is 0 Å². The van der Waals surface area contributed by atoms with E-state index in [-0.39, 0.29) is 17.9 Å². The van der Waals surface area contributed by atoms with Crippen molar-refractivity contribution in [2.24, 2.45) is 0 Å². The molecule has 3 aromatic heterocycles. The Labute approximate surface area is 226 Å². The highest BCUT2D eigenvalue weighted by Gasteiger charge is 2.48. The molecule has 1 saturated carbocycles. The minimum Gasteiger partial charge on any atom is -0.473 e. The SMILES string of the molecule is C[C@H](Oc1cc(-n2cc3c(n2)CNC3)nc(-c2noc3c2CCC[C@@]32CCCCC2=O)n1)[C@@H]1C[C@@H](F)CN1C. The lowest BCUT2D eigenvalue weighted by Gasteiger charge is -2.36. The molecule has 0 bridgehead atoms. The van der Waals surface area contributed by atoms with Gasteiger partial charge in [0.2, 0.25) is 5.88 Å². The Balaban J connectivity index is 1.29. The van der Waals surface area contributed by atoms with Crippen LogP contribution in [0.2, 0.25) is 0 Å². The van der Waals surface area contributed by atoms with E-state index in [1.807, 2.05) is 25.1 Å². The van der Waals surface area contributed by atoms with Crippen molar-refractivity contribution in [1.82, 2.24) is 35.1 Å². The average Bonchev–Trinajstić information content (AvgIpc) is 3.69. The molecule has 0 radical (unpaired) electrons. The zero-order valence-electron chi connectivity index (χ0n) is 22.5. The number of ketones is 1. The number of likely N-dealkylation sites (tertiary alicyclic amines) is 1. The second kappa shape index (κ2) is 9.48. The van der Waals surface area contributed by atoms with Crippen molar-refractivity contribution < 1.29 is 18.4 Å². The number of nitrogens with one attached hydrogen (secondary N) is 1. The molecule has 0 amide bonds. The normalized spacial score (nSPS) is 27.6. The van der Waals surface area contributed by atoms with Crippen LogP contribution in [0.15, 0.2) is 16.8 Å². The van der Waals surface area contributed by atoms with Gasteiger partial charge in [-0.2, -0.15) is 10.1 Å². The number of hydrogen-bond acceptors (Lipinski definition) is 9. The van der Waals surface area contributed by atoms with E-state index in [0.29, 0.717) is 54.9 Å². The highest BCUT2D eigenvalue weighted by Crippen LogP contribution is 2.47. The van der Waals surface area contributed by atoms with Crippen molar-refractivity contribution in [2.75, 3.05) is 13.6 Å². The molecule has 1 spiro atoms. The molecule has 4 aliphatic rings. The van der Waals surface area contributed by atoms with E-state index in [9.17, 15) is 9.18 Å². The van der Waals surface area contributed by atoms with Crippen LogP contribution in [0.1, 0.15) is 74.5 Å². The number of halogens is 1. The van der Waals surface area contributed by atoms with Gasteiger partial charge >= 0.3 is 0 Å². The van der Waals surface area contributed by atoms with Crippen molar-refractivity contribution >= 4 is 5.78 Å². The van der Waals surface area contributed by atoms with Crippen molar-refractivity contribution in [3.05, 3.63) is 34.8 Å². The summed E-state index contributed by atoms with van der Waals surface area (Å²) in [5.41, 5.74) is 3.03. The Bertz CT molecular complexity index is 1400. The van der Waals surface area contributed by atoms with Crippen molar-refractivity contribution in [3.8, 4) is 23.2 Å². The van der Waals surface area contributed by atoms with E-state index in [2.05, 4.69) is 10.5 Å². The highest BCUT2D eigenvalue weighted by molar-refractivity contribution is 5.91. The van der Waals surface area contributed by atoms with Crippen molar-refractivity contribution in [2.45, 2.75) is 95.1 Å². The second-order valence-corrected chi connectivity index (χ2v) is 11.6. The fraction of sp³-hybridized carbons (Fsp3) is 0.607. The third kappa shape index (κ3) is 4.17. The summed E-state index contributed by atoms with van der Waals surface area (Å²) in [6.07, 6.45) is 7.04. The second-order valence-electron chi connectivity index (χ2n) is 11.6. The molecule has 39 heavy (non-hydrogen) atoms. The van der Waals surface area contributed by atoms with Crippen LogP contribution in [0.4, 0.5) is 4.39 Å². The monoisotopic (exact) mass is 535 g/mol. The van der Waals surface area contributed by atoms with Gasteiger partial charge < -0.3 is 14.6 Å². The minimum atomic E-state index is -0.862. The predicted octanol–water partition coefficient (Wildman–Crippen LogP) is 3.45. The Morgan fingerprint density at radius 1 is 1.21 bits per heavy atom. The molecule has 2 aliphatic heterocycles. The van der Waals surface area contributed by atoms with Gasteiger partial charge in [0.1, 0.15) is 18.1 Å². The first kappa shape index (κ1) is 24.8. The van der Waals surface area contributed by atoms with Crippen LogP contribution >= 0.6 is 0 Å².